The number of sulfone groups is 1. The van der Waals surface area contributed by atoms with Crippen molar-refractivity contribution < 1.29 is 36.3 Å². The fourth-order valence-electron chi connectivity index (χ4n) is 2.72. The van der Waals surface area contributed by atoms with Crippen LogP contribution in [-0.4, -0.2) is 64.2 Å². The topological polar surface area (TPSA) is 156 Å². The van der Waals surface area contributed by atoms with Gasteiger partial charge in [0.15, 0.2) is 9.84 Å². The molecule has 150 valence electrons. The van der Waals surface area contributed by atoms with Gasteiger partial charge in [0.05, 0.1) is 40.7 Å². The van der Waals surface area contributed by atoms with Crippen molar-refractivity contribution in [3.8, 4) is 0 Å². The zero-order valence-electron chi connectivity index (χ0n) is 14.6. The van der Waals surface area contributed by atoms with Gasteiger partial charge in [-0.1, -0.05) is 6.07 Å². The van der Waals surface area contributed by atoms with Crippen molar-refractivity contribution in [1.82, 2.24) is 10.0 Å². The number of nitrogens with one attached hydrogen (secondary N) is 2. The number of aromatic carboxylic acids is 1. The summed E-state index contributed by atoms with van der Waals surface area (Å²) in [5.41, 5.74) is 0.0736. The van der Waals surface area contributed by atoms with Gasteiger partial charge in [-0.15, -0.1) is 0 Å². The van der Waals surface area contributed by atoms with E-state index in [-0.39, 0.29) is 17.1 Å². The second-order valence-corrected chi connectivity index (χ2v) is 9.90. The normalized spacial score (nSPS) is 21.6. The number of carbonyl (C=O) groups excluding carboxylic acids is 1. The van der Waals surface area contributed by atoms with Gasteiger partial charge in [0.25, 0.3) is 0 Å². The minimum Gasteiger partial charge on any atom is -0.478 e. The maximum atomic E-state index is 12.7. The molecule has 2 atom stereocenters. The first-order chi connectivity index (χ1) is 12.4. The Hall–Kier alpha value is -2.18. The van der Waals surface area contributed by atoms with Crippen LogP contribution < -0.4 is 10.0 Å². The van der Waals surface area contributed by atoms with Crippen LogP contribution in [0.5, 0.6) is 0 Å². The highest BCUT2D eigenvalue weighted by Gasteiger charge is 2.41. The van der Waals surface area contributed by atoms with Gasteiger partial charge in [0, 0.05) is 0 Å². The number of sulfonamides is 1. The number of amides is 1. The van der Waals surface area contributed by atoms with Gasteiger partial charge < -0.3 is 15.2 Å². The number of carboxylic acid groups (broad SMARTS) is 1. The van der Waals surface area contributed by atoms with Crippen LogP contribution in [0, 0.1) is 6.92 Å². The van der Waals surface area contributed by atoms with E-state index in [9.17, 15) is 26.4 Å². The summed E-state index contributed by atoms with van der Waals surface area (Å²) in [5.74, 6) is -2.23. The van der Waals surface area contributed by atoms with Crippen LogP contribution >= 0.6 is 0 Å². The first-order valence-corrected chi connectivity index (χ1v) is 11.3. The number of aryl methyl sites for hydroxylation is 1. The molecule has 3 N–H and O–H groups in total. The van der Waals surface area contributed by atoms with Crippen LogP contribution in [0.15, 0.2) is 23.1 Å². The van der Waals surface area contributed by atoms with Gasteiger partial charge in [-0.25, -0.2) is 31.1 Å². The zero-order chi connectivity index (χ0) is 20.4. The van der Waals surface area contributed by atoms with E-state index in [4.69, 9.17) is 9.84 Å². The first-order valence-electron chi connectivity index (χ1n) is 7.95. The van der Waals surface area contributed by atoms with Gasteiger partial charge in [0.1, 0.15) is 0 Å². The van der Waals surface area contributed by atoms with E-state index in [0.29, 0.717) is 5.56 Å². The minimum atomic E-state index is -4.23. The fraction of sp³-hybridized carbons (Fsp3) is 0.467. The summed E-state index contributed by atoms with van der Waals surface area (Å²) in [6.45, 7) is 3.13. The standard InChI is InChI=1S/C15H20N2O8S2/c1-3-25-15(20)16-11-7-26(21,22)8-12(11)17-27(23,24)13-6-10(14(18)19)5-4-9(13)2/h4-6,11-12,17H,3,7-8H2,1-2H3,(H,16,20)(H,18,19)/t11-,12+/m0/s1. The van der Waals surface area contributed by atoms with Crippen LogP contribution in [0.3, 0.4) is 0 Å². The van der Waals surface area contributed by atoms with Crippen molar-refractivity contribution in [2.75, 3.05) is 18.1 Å². The fourth-order valence-corrected chi connectivity index (χ4v) is 6.23. The molecule has 1 heterocycles. The summed E-state index contributed by atoms with van der Waals surface area (Å²) in [7, 11) is -7.81. The summed E-state index contributed by atoms with van der Waals surface area (Å²) >= 11 is 0. The van der Waals surface area contributed by atoms with Crippen LogP contribution in [-0.2, 0) is 24.6 Å². The van der Waals surface area contributed by atoms with Crippen LogP contribution in [0.2, 0.25) is 0 Å². The van der Waals surface area contributed by atoms with Crippen LogP contribution in [0.25, 0.3) is 0 Å². The summed E-state index contributed by atoms with van der Waals surface area (Å²) in [6.07, 6.45) is -0.854. The van der Waals surface area contributed by atoms with E-state index in [1.54, 1.807) is 6.92 Å². The molecule has 0 bridgehead atoms. The lowest BCUT2D eigenvalue weighted by Crippen LogP contribution is -2.51. The molecule has 1 aromatic carbocycles. The largest absolute Gasteiger partial charge is 0.478 e. The van der Waals surface area contributed by atoms with E-state index in [0.717, 1.165) is 6.07 Å². The number of carbonyl (C=O) groups is 2. The Balaban J connectivity index is 2.30. The van der Waals surface area contributed by atoms with Crippen LogP contribution in [0.1, 0.15) is 22.8 Å². The number of ether oxygens (including phenoxy) is 1. The summed E-state index contributed by atoms with van der Waals surface area (Å²) in [6, 6.07) is 1.49. The SMILES string of the molecule is CCOC(=O)N[C@H]1CS(=O)(=O)C[C@H]1NS(=O)(=O)c1cc(C(=O)O)ccc1C. The molecule has 1 aliphatic heterocycles. The third-order valence-corrected chi connectivity index (χ3v) is 7.33. The molecule has 0 radical (unpaired) electrons. The maximum Gasteiger partial charge on any atom is 0.407 e. The molecule has 1 amide bonds. The maximum absolute atomic E-state index is 12.7. The summed E-state index contributed by atoms with van der Waals surface area (Å²) in [5, 5.41) is 11.4. The third-order valence-electron chi connectivity index (χ3n) is 3.96. The Bertz CT molecular complexity index is 956. The van der Waals surface area contributed by atoms with Crippen LogP contribution in [0.4, 0.5) is 4.79 Å². The monoisotopic (exact) mass is 420 g/mol. The van der Waals surface area contributed by atoms with Crippen molar-refractivity contribution >= 4 is 31.9 Å². The highest BCUT2D eigenvalue weighted by molar-refractivity contribution is 7.92. The lowest BCUT2D eigenvalue weighted by atomic mass is 10.1. The molecule has 0 saturated carbocycles. The van der Waals surface area contributed by atoms with E-state index in [1.165, 1.54) is 19.1 Å². The van der Waals surface area contributed by atoms with Crippen molar-refractivity contribution in [3.05, 3.63) is 29.3 Å². The molecular formula is C15H20N2O8S2. The minimum absolute atomic E-state index is 0.0723. The van der Waals surface area contributed by atoms with Gasteiger partial charge in [-0.3, -0.25) is 0 Å². The smallest absolute Gasteiger partial charge is 0.407 e. The predicted octanol–water partition coefficient (Wildman–Crippen LogP) is -0.117. The summed E-state index contributed by atoms with van der Waals surface area (Å²) < 4.78 is 56.2. The molecule has 1 aliphatic rings. The molecule has 1 aromatic rings. The Labute approximate surface area is 156 Å². The lowest BCUT2D eigenvalue weighted by Gasteiger charge is -2.21. The predicted molar refractivity (Wildman–Crippen MR) is 94.8 cm³/mol. The number of benzene rings is 1. The van der Waals surface area contributed by atoms with E-state index >= 15 is 0 Å². The van der Waals surface area contributed by atoms with Gasteiger partial charge in [-0.2, -0.15) is 0 Å². The van der Waals surface area contributed by atoms with Gasteiger partial charge in [0.2, 0.25) is 10.0 Å². The molecule has 12 heteroatoms. The Morgan fingerprint density at radius 3 is 2.48 bits per heavy atom. The molecule has 0 unspecified atom stereocenters. The number of rotatable bonds is 6. The molecule has 10 nitrogen and oxygen atoms in total. The Morgan fingerprint density at radius 2 is 1.89 bits per heavy atom. The highest BCUT2D eigenvalue weighted by Crippen LogP contribution is 2.20. The molecule has 1 fully saturated rings. The number of carboxylic acids is 1. The Kier molecular flexibility index (Phi) is 6.12. The van der Waals surface area contributed by atoms with Gasteiger partial charge in [-0.05, 0) is 31.5 Å². The highest BCUT2D eigenvalue weighted by atomic mass is 32.2. The lowest BCUT2D eigenvalue weighted by molar-refractivity contribution is 0.0696. The quantitative estimate of drug-likeness (QED) is 0.575. The van der Waals surface area contributed by atoms with E-state index in [2.05, 4.69) is 10.0 Å². The molecule has 0 aliphatic carbocycles. The zero-order valence-corrected chi connectivity index (χ0v) is 16.3. The molecular weight excluding hydrogens is 400 g/mol. The molecule has 0 spiro atoms. The average Bonchev–Trinajstić information content (AvgIpc) is 2.80. The number of hydrogen-bond acceptors (Lipinski definition) is 7. The van der Waals surface area contributed by atoms with Crippen molar-refractivity contribution in [3.63, 3.8) is 0 Å². The molecule has 2 rings (SSSR count). The molecule has 0 aromatic heterocycles. The third kappa shape index (κ3) is 5.17. The van der Waals surface area contributed by atoms with Crippen molar-refractivity contribution in [2.24, 2.45) is 0 Å². The molecule has 1 saturated heterocycles. The summed E-state index contributed by atoms with van der Waals surface area (Å²) in [4.78, 5) is 22.4. The second kappa shape index (κ2) is 7.82. The molecule has 27 heavy (non-hydrogen) atoms. The van der Waals surface area contributed by atoms with Gasteiger partial charge >= 0.3 is 12.1 Å². The van der Waals surface area contributed by atoms with E-state index in [1.807, 2.05) is 0 Å². The number of hydrogen-bond donors (Lipinski definition) is 3. The number of alkyl carbamates (subject to hydrolysis) is 1. The van der Waals surface area contributed by atoms with Crippen molar-refractivity contribution in [1.29, 1.82) is 0 Å². The Morgan fingerprint density at radius 1 is 1.26 bits per heavy atom. The second-order valence-electron chi connectivity index (χ2n) is 6.06. The average molecular weight is 420 g/mol. The van der Waals surface area contributed by atoms with E-state index < -0.39 is 55.5 Å². The first kappa shape index (κ1) is 21.1. The van der Waals surface area contributed by atoms with Crippen molar-refractivity contribution in [2.45, 2.75) is 30.8 Å².